The number of hydrogen-bond acceptors (Lipinski definition) is 3. The summed E-state index contributed by atoms with van der Waals surface area (Å²) in [4.78, 5) is 13.3. The number of benzene rings is 1. The average molecular weight is 423 g/mol. The van der Waals surface area contributed by atoms with Gasteiger partial charge in [0, 0.05) is 41.4 Å². The smallest absolute Gasteiger partial charge is 0.253 e. The van der Waals surface area contributed by atoms with Crippen molar-refractivity contribution in [1.82, 2.24) is 19.7 Å². The number of amides is 1. The fraction of sp³-hybridized carbons (Fsp3) is 0.520. The molecule has 166 valence electrons. The first-order chi connectivity index (χ1) is 15.0. The molecule has 1 N–H and O–H groups in total. The van der Waals surface area contributed by atoms with Gasteiger partial charge in [-0.25, -0.2) is 0 Å². The zero-order chi connectivity index (χ0) is 22.0. The van der Waals surface area contributed by atoms with E-state index in [9.17, 15) is 4.79 Å². The van der Waals surface area contributed by atoms with E-state index in [4.69, 9.17) is 4.74 Å². The SMILES string of the molecule is COc1ccc2c(c1)c(C(=O)NCCCn1nc(C)cc1C)c(C)n2C1CCCCC1. The molecule has 0 atom stereocenters. The van der Waals surface area contributed by atoms with Crippen molar-refractivity contribution in [3.63, 3.8) is 0 Å². The number of fused-ring (bicyclic) bond motifs is 1. The van der Waals surface area contributed by atoms with Gasteiger partial charge in [-0.15, -0.1) is 0 Å². The van der Waals surface area contributed by atoms with Gasteiger partial charge in [-0.2, -0.15) is 5.10 Å². The van der Waals surface area contributed by atoms with E-state index in [2.05, 4.69) is 41.0 Å². The number of aromatic nitrogens is 3. The fourth-order valence-electron chi connectivity index (χ4n) is 5.07. The van der Waals surface area contributed by atoms with Crippen molar-refractivity contribution in [2.75, 3.05) is 13.7 Å². The summed E-state index contributed by atoms with van der Waals surface area (Å²) in [6.07, 6.45) is 7.03. The monoisotopic (exact) mass is 422 g/mol. The summed E-state index contributed by atoms with van der Waals surface area (Å²) in [5, 5.41) is 8.63. The lowest BCUT2D eigenvalue weighted by atomic mass is 9.95. The predicted molar refractivity (Wildman–Crippen MR) is 124 cm³/mol. The minimum atomic E-state index is -0.00122. The number of nitrogens with one attached hydrogen (secondary N) is 1. The Balaban J connectivity index is 1.55. The third-order valence-corrected chi connectivity index (χ3v) is 6.56. The Kier molecular flexibility index (Phi) is 6.35. The van der Waals surface area contributed by atoms with Gasteiger partial charge in [-0.3, -0.25) is 9.48 Å². The predicted octanol–water partition coefficient (Wildman–Crippen LogP) is 5.10. The molecular weight excluding hydrogens is 388 g/mol. The Morgan fingerprint density at radius 2 is 1.94 bits per heavy atom. The molecule has 3 aromatic rings. The molecule has 31 heavy (non-hydrogen) atoms. The Labute approximate surface area is 184 Å². The van der Waals surface area contributed by atoms with E-state index in [1.165, 1.54) is 32.1 Å². The molecule has 2 heterocycles. The van der Waals surface area contributed by atoms with Crippen LogP contribution in [0.25, 0.3) is 10.9 Å². The van der Waals surface area contributed by atoms with Crippen LogP contribution in [0.15, 0.2) is 24.3 Å². The molecule has 1 aromatic carbocycles. The molecule has 1 saturated carbocycles. The van der Waals surface area contributed by atoms with Crippen molar-refractivity contribution >= 4 is 16.8 Å². The molecule has 2 aromatic heterocycles. The standard InChI is InChI=1S/C25H34N4O2/c1-17-15-18(2)28(27-17)14-8-13-26-25(30)24-19(3)29(20-9-6-5-7-10-20)23-12-11-21(31-4)16-22(23)24/h11-12,15-16,20H,5-10,13-14H2,1-4H3,(H,26,30). The zero-order valence-corrected chi connectivity index (χ0v) is 19.2. The summed E-state index contributed by atoms with van der Waals surface area (Å²) in [7, 11) is 1.67. The Morgan fingerprint density at radius 3 is 2.61 bits per heavy atom. The van der Waals surface area contributed by atoms with Crippen LogP contribution in [0.2, 0.25) is 0 Å². The number of hydrogen-bond donors (Lipinski definition) is 1. The molecule has 1 aliphatic rings. The summed E-state index contributed by atoms with van der Waals surface area (Å²) >= 11 is 0. The van der Waals surface area contributed by atoms with Gasteiger partial charge in [0.25, 0.3) is 5.91 Å². The third-order valence-electron chi connectivity index (χ3n) is 6.56. The highest BCUT2D eigenvalue weighted by Crippen LogP contribution is 2.37. The number of carbonyl (C=O) groups excluding carboxylic acids is 1. The van der Waals surface area contributed by atoms with Crippen LogP contribution in [0.5, 0.6) is 5.75 Å². The molecular formula is C25H34N4O2. The molecule has 0 aliphatic heterocycles. The Bertz CT molecular complexity index is 1070. The first-order valence-electron chi connectivity index (χ1n) is 11.5. The minimum Gasteiger partial charge on any atom is -0.497 e. The van der Waals surface area contributed by atoms with Gasteiger partial charge in [0.1, 0.15) is 5.75 Å². The van der Waals surface area contributed by atoms with Crippen LogP contribution in [0.4, 0.5) is 0 Å². The lowest BCUT2D eigenvalue weighted by molar-refractivity contribution is 0.0953. The van der Waals surface area contributed by atoms with Crippen molar-refractivity contribution in [2.45, 2.75) is 71.9 Å². The molecule has 6 nitrogen and oxygen atoms in total. The molecule has 0 bridgehead atoms. The van der Waals surface area contributed by atoms with Gasteiger partial charge in [-0.05, 0) is 64.3 Å². The van der Waals surface area contributed by atoms with Crippen molar-refractivity contribution in [2.24, 2.45) is 0 Å². The van der Waals surface area contributed by atoms with Gasteiger partial charge in [0.15, 0.2) is 0 Å². The number of nitrogens with zero attached hydrogens (tertiary/aromatic N) is 3. The molecule has 6 heteroatoms. The van der Waals surface area contributed by atoms with Crippen LogP contribution in [0.1, 0.15) is 72.0 Å². The van der Waals surface area contributed by atoms with E-state index in [-0.39, 0.29) is 5.91 Å². The quantitative estimate of drug-likeness (QED) is 0.539. The largest absolute Gasteiger partial charge is 0.497 e. The second kappa shape index (κ2) is 9.16. The van der Waals surface area contributed by atoms with Gasteiger partial charge in [-0.1, -0.05) is 19.3 Å². The number of ether oxygens (including phenoxy) is 1. The summed E-state index contributed by atoms with van der Waals surface area (Å²) in [6, 6.07) is 8.66. The fourth-order valence-corrected chi connectivity index (χ4v) is 5.07. The van der Waals surface area contributed by atoms with E-state index >= 15 is 0 Å². The minimum absolute atomic E-state index is 0.00122. The Hall–Kier alpha value is -2.76. The lowest BCUT2D eigenvalue weighted by Gasteiger charge is -2.26. The first-order valence-corrected chi connectivity index (χ1v) is 11.5. The third kappa shape index (κ3) is 4.34. The van der Waals surface area contributed by atoms with Crippen LogP contribution in [-0.2, 0) is 6.54 Å². The lowest BCUT2D eigenvalue weighted by Crippen LogP contribution is -2.26. The molecule has 0 radical (unpaired) electrons. The second-order valence-electron chi connectivity index (χ2n) is 8.77. The molecule has 0 unspecified atom stereocenters. The zero-order valence-electron chi connectivity index (χ0n) is 19.2. The van der Waals surface area contributed by atoms with E-state index in [1.54, 1.807) is 7.11 Å². The van der Waals surface area contributed by atoms with E-state index in [0.717, 1.165) is 52.3 Å². The molecule has 1 aliphatic carbocycles. The number of carbonyl (C=O) groups is 1. The van der Waals surface area contributed by atoms with Gasteiger partial charge in [0.05, 0.1) is 18.4 Å². The number of aryl methyl sites for hydroxylation is 3. The van der Waals surface area contributed by atoms with Crippen LogP contribution in [0, 0.1) is 20.8 Å². The van der Waals surface area contributed by atoms with E-state index in [0.29, 0.717) is 12.6 Å². The summed E-state index contributed by atoms with van der Waals surface area (Å²) in [6.45, 7) is 7.58. The maximum absolute atomic E-state index is 13.3. The molecule has 0 saturated heterocycles. The van der Waals surface area contributed by atoms with Gasteiger partial charge in [0.2, 0.25) is 0 Å². The number of rotatable bonds is 7. The van der Waals surface area contributed by atoms with Crippen molar-refractivity contribution in [3.8, 4) is 5.75 Å². The maximum atomic E-state index is 13.3. The molecule has 0 spiro atoms. The number of methoxy groups -OCH3 is 1. The van der Waals surface area contributed by atoms with Crippen LogP contribution < -0.4 is 10.1 Å². The van der Waals surface area contributed by atoms with E-state index in [1.807, 2.05) is 23.7 Å². The second-order valence-corrected chi connectivity index (χ2v) is 8.77. The summed E-state index contributed by atoms with van der Waals surface area (Å²) in [5.41, 5.74) is 5.17. The van der Waals surface area contributed by atoms with Crippen LogP contribution in [0.3, 0.4) is 0 Å². The van der Waals surface area contributed by atoms with Crippen LogP contribution >= 0.6 is 0 Å². The molecule has 1 fully saturated rings. The maximum Gasteiger partial charge on any atom is 0.253 e. The van der Waals surface area contributed by atoms with Crippen LogP contribution in [-0.4, -0.2) is 33.9 Å². The molecule has 1 amide bonds. The van der Waals surface area contributed by atoms with Crippen molar-refractivity contribution in [3.05, 3.63) is 46.9 Å². The normalized spacial score (nSPS) is 14.8. The highest BCUT2D eigenvalue weighted by Gasteiger charge is 2.25. The summed E-state index contributed by atoms with van der Waals surface area (Å²) < 4.78 is 9.87. The Morgan fingerprint density at radius 1 is 1.16 bits per heavy atom. The van der Waals surface area contributed by atoms with E-state index < -0.39 is 0 Å². The van der Waals surface area contributed by atoms with Gasteiger partial charge >= 0.3 is 0 Å². The van der Waals surface area contributed by atoms with Crippen molar-refractivity contribution < 1.29 is 9.53 Å². The average Bonchev–Trinajstić information content (AvgIpc) is 3.25. The first kappa shape index (κ1) is 21.5. The highest BCUT2D eigenvalue weighted by atomic mass is 16.5. The molecule has 4 rings (SSSR count). The van der Waals surface area contributed by atoms with Crippen molar-refractivity contribution in [1.29, 1.82) is 0 Å². The highest BCUT2D eigenvalue weighted by molar-refractivity contribution is 6.08. The van der Waals surface area contributed by atoms with Gasteiger partial charge < -0.3 is 14.6 Å². The summed E-state index contributed by atoms with van der Waals surface area (Å²) in [5.74, 6) is 0.783. The topological polar surface area (TPSA) is 61.1 Å².